The summed E-state index contributed by atoms with van der Waals surface area (Å²) in [5.74, 6) is -1.09. The zero-order valence-electron chi connectivity index (χ0n) is 14.9. The van der Waals surface area contributed by atoms with E-state index in [0.717, 1.165) is 23.1 Å². The standard InChI is InChI=1S/C17H18F3NO5S2/c1-3-27-14-6-10(26-9-25-2)8-21(15(14)16(23)24)12-7-11(4-5-13(12)22)28-17(18,19)20/h4-8,15,22H,3,9H2,1-2H3,(H,23,24)/p-1. The molecule has 0 aromatic heterocycles. The topological polar surface area (TPSA) is 82.1 Å². The lowest BCUT2D eigenvalue weighted by Gasteiger charge is -2.36. The first-order valence-electron chi connectivity index (χ1n) is 7.92. The van der Waals surface area contributed by atoms with Crippen LogP contribution in [0.5, 0.6) is 5.75 Å². The minimum atomic E-state index is -4.53. The number of carbonyl (C=O) groups excluding carboxylic acids is 1. The van der Waals surface area contributed by atoms with Crippen LogP contribution in [0, 0.1) is 0 Å². The number of carboxylic acids is 1. The van der Waals surface area contributed by atoms with Crippen molar-refractivity contribution in [2.24, 2.45) is 0 Å². The Hall–Kier alpha value is -1.98. The molecule has 0 saturated carbocycles. The van der Waals surface area contributed by atoms with Crippen molar-refractivity contribution in [3.8, 4) is 5.75 Å². The van der Waals surface area contributed by atoms with E-state index in [-0.39, 0.29) is 40.6 Å². The van der Waals surface area contributed by atoms with Crippen LogP contribution in [0.3, 0.4) is 0 Å². The molecule has 1 N–H and O–H groups in total. The summed E-state index contributed by atoms with van der Waals surface area (Å²) in [4.78, 5) is 13.1. The Labute approximate surface area is 168 Å². The van der Waals surface area contributed by atoms with Crippen molar-refractivity contribution in [1.29, 1.82) is 0 Å². The van der Waals surface area contributed by atoms with Crippen LogP contribution in [0.25, 0.3) is 0 Å². The Morgan fingerprint density at radius 2 is 2.11 bits per heavy atom. The minimum absolute atomic E-state index is 0.119. The number of aliphatic carboxylic acids is 1. The number of carbonyl (C=O) groups is 1. The quantitative estimate of drug-likeness (QED) is 0.492. The number of halogens is 3. The number of carboxylic acid groups (broad SMARTS) is 1. The molecule has 11 heteroatoms. The van der Waals surface area contributed by atoms with E-state index in [1.807, 2.05) is 6.92 Å². The van der Waals surface area contributed by atoms with Crippen LogP contribution in [0.2, 0.25) is 0 Å². The number of alkyl halides is 3. The number of nitrogens with zero attached hydrogens (tertiary/aromatic N) is 1. The number of methoxy groups -OCH3 is 1. The molecule has 1 aromatic rings. The molecule has 1 aromatic carbocycles. The van der Waals surface area contributed by atoms with Crippen LogP contribution in [-0.2, 0) is 14.3 Å². The fourth-order valence-electron chi connectivity index (χ4n) is 2.44. The van der Waals surface area contributed by atoms with Crippen LogP contribution in [-0.4, -0.2) is 42.3 Å². The van der Waals surface area contributed by atoms with Gasteiger partial charge in [-0.2, -0.15) is 13.2 Å². The molecule has 0 bridgehead atoms. The number of thioether (sulfide) groups is 2. The molecule has 1 heterocycles. The number of allylic oxidation sites excluding steroid dienone is 1. The second-order valence-corrected chi connectivity index (χ2v) is 7.87. The van der Waals surface area contributed by atoms with Crippen molar-refractivity contribution >= 4 is 35.2 Å². The summed E-state index contributed by atoms with van der Waals surface area (Å²) < 4.78 is 48.3. The number of hydrogen-bond donors (Lipinski definition) is 1. The van der Waals surface area contributed by atoms with Gasteiger partial charge < -0.3 is 29.4 Å². The molecule has 1 aliphatic rings. The van der Waals surface area contributed by atoms with Gasteiger partial charge in [0.05, 0.1) is 11.7 Å². The largest absolute Gasteiger partial charge is 0.547 e. The molecule has 0 fully saturated rings. The van der Waals surface area contributed by atoms with Gasteiger partial charge in [-0.25, -0.2) is 0 Å². The lowest BCUT2D eigenvalue weighted by atomic mass is 10.1. The normalized spacial score (nSPS) is 17.2. The van der Waals surface area contributed by atoms with Gasteiger partial charge in [-0.3, -0.25) is 0 Å². The summed E-state index contributed by atoms with van der Waals surface area (Å²) in [5.41, 5.74) is -4.65. The first-order chi connectivity index (χ1) is 13.2. The number of phenolic OH excluding ortho intramolecular Hbond substituents is 1. The lowest BCUT2D eigenvalue weighted by Crippen LogP contribution is -2.48. The summed E-state index contributed by atoms with van der Waals surface area (Å²) in [6, 6.07) is 1.90. The van der Waals surface area contributed by atoms with Gasteiger partial charge in [0.2, 0.25) is 0 Å². The summed E-state index contributed by atoms with van der Waals surface area (Å²) in [5, 5.41) is 22.0. The average Bonchev–Trinajstić information content (AvgIpc) is 2.60. The third kappa shape index (κ3) is 5.76. The molecule has 1 aliphatic heterocycles. The molecule has 154 valence electrons. The highest BCUT2D eigenvalue weighted by Gasteiger charge is 2.32. The predicted molar refractivity (Wildman–Crippen MR) is 98.6 cm³/mol. The molecule has 1 unspecified atom stereocenters. The van der Waals surface area contributed by atoms with Crippen LogP contribution in [0.4, 0.5) is 18.9 Å². The smallest absolute Gasteiger partial charge is 0.446 e. The summed E-state index contributed by atoms with van der Waals surface area (Å²) in [6.07, 6.45) is 2.77. The van der Waals surface area contributed by atoms with Crippen molar-refractivity contribution in [2.45, 2.75) is 23.4 Å². The van der Waals surface area contributed by atoms with Crippen LogP contribution < -0.4 is 10.0 Å². The van der Waals surface area contributed by atoms with Crippen molar-refractivity contribution in [1.82, 2.24) is 0 Å². The molecule has 6 nitrogen and oxygen atoms in total. The third-order valence-electron chi connectivity index (χ3n) is 3.43. The zero-order valence-corrected chi connectivity index (χ0v) is 16.5. The highest BCUT2D eigenvalue weighted by molar-refractivity contribution is 8.03. The maximum Gasteiger partial charge on any atom is 0.446 e. The van der Waals surface area contributed by atoms with E-state index in [0.29, 0.717) is 10.7 Å². The summed E-state index contributed by atoms with van der Waals surface area (Å²) in [6.45, 7) is 1.69. The van der Waals surface area contributed by atoms with Gasteiger partial charge in [0.25, 0.3) is 0 Å². The fourth-order valence-corrected chi connectivity index (χ4v) is 3.92. The number of ether oxygens (including phenoxy) is 2. The summed E-state index contributed by atoms with van der Waals surface area (Å²) in [7, 11) is 1.40. The van der Waals surface area contributed by atoms with Gasteiger partial charge in [-0.05, 0) is 41.8 Å². The lowest BCUT2D eigenvalue weighted by molar-refractivity contribution is -0.306. The van der Waals surface area contributed by atoms with E-state index in [9.17, 15) is 28.2 Å². The van der Waals surface area contributed by atoms with Crippen molar-refractivity contribution < 1.29 is 37.7 Å². The average molecular weight is 436 g/mol. The molecule has 0 aliphatic carbocycles. The van der Waals surface area contributed by atoms with Crippen molar-refractivity contribution in [3.63, 3.8) is 0 Å². The number of rotatable bonds is 8. The number of anilines is 1. The Balaban J connectivity index is 2.52. The Morgan fingerprint density at radius 3 is 2.68 bits per heavy atom. The maximum absolute atomic E-state index is 12.7. The Bertz CT molecular complexity index is 783. The Kier molecular flexibility index (Phi) is 7.55. The van der Waals surface area contributed by atoms with E-state index in [2.05, 4.69) is 0 Å². The van der Waals surface area contributed by atoms with Crippen molar-refractivity contribution in [3.05, 3.63) is 41.1 Å². The fraction of sp³-hybridized carbons (Fsp3) is 0.353. The summed E-state index contributed by atoms with van der Waals surface area (Å²) >= 11 is 0.845. The van der Waals surface area contributed by atoms with E-state index < -0.39 is 17.5 Å². The number of benzene rings is 1. The van der Waals surface area contributed by atoms with Gasteiger partial charge in [0.1, 0.15) is 17.6 Å². The van der Waals surface area contributed by atoms with Crippen molar-refractivity contribution in [2.75, 3.05) is 24.6 Å². The van der Waals surface area contributed by atoms with Gasteiger partial charge in [-0.1, -0.05) is 6.92 Å². The molecule has 0 spiro atoms. The molecule has 2 rings (SSSR count). The van der Waals surface area contributed by atoms with Crippen LogP contribution in [0.1, 0.15) is 6.92 Å². The SMILES string of the molecule is CCSC1=CC(OCOC)=CN(c2cc(SC(F)(F)F)ccc2O)C1C(=O)[O-]. The minimum Gasteiger partial charge on any atom is -0.547 e. The second-order valence-electron chi connectivity index (χ2n) is 5.39. The number of aromatic hydroxyl groups is 1. The molecule has 1 atom stereocenters. The van der Waals surface area contributed by atoms with Gasteiger partial charge in [0, 0.05) is 23.1 Å². The number of phenols is 1. The molecule has 28 heavy (non-hydrogen) atoms. The van der Waals surface area contributed by atoms with Gasteiger partial charge >= 0.3 is 5.51 Å². The third-order valence-corrected chi connectivity index (χ3v) is 5.12. The first kappa shape index (κ1) is 22.3. The van der Waals surface area contributed by atoms with E-state index in [1.165, 1.54) is 31.1 Å². The van der Waals surface area contributed by atoms with Crippen LogP contribution >= 0.6 is 23.5 Å². The number of hydrogen-bond acceptors (Lipinski definition) is 8. The van der Waals surface area contributed by atoms with Crippen LogP contribution in [0.15, 0.2) is 46.0 Å². The second kappa shape index (κ2) is 9.48. The monoisotopic (exact) mass is 436 g/mol. The molecular formula is C17H17F3NO5S2-. The highest BCUT2D eigenvalue weighted by atomic mass is 32.2. The van der Waals surface area contributed by atoms with Gasteiger partial charge in [-0.15, -0.1) is 11.8 Å². The Morgan fingerprint density at radius 1 is 1.39 bits per heavy atom. The van der Waals surface area contributed by atoms with E-state index in [4.69, 9.17) is 9.47 Å². The maximum atomic E-state index is 12.7. The highest BCUT2D eigenvalue weighted by Crippen LogP contribution is 2.42. The predicted octanol–water partition coefficient (Wildman–Crippen LogP) is 3.04. The first-order valence-corrected chi connectivity index (χ1v) is 9.72. The zero-order chi connectivity index (χ0) is 20.9. The van der Waals surface area contributed by atoms with E-state index in [1.54, 1.807) is 0 Å². The van der Waals surface area contributed by atoms with E-state index >= 15 is 0 Å². The molecular weight excluding hydrogens is 419 g/mol. The molecule has 0 radical (unpaired) electrons. The molecule has 0 amide bonds. The van der Waals surface area contributed by atoms with Gasteiger partial charge in [0.15, 0.2) is 6.79 Å². The molecule has 0 saturated heterocycles.